The van der Waals surface area contributed by atoms with E-state index in [-0.39, 0.29) is 10.7 Å². The largest absolute Gasteiger partial charge is 0.323 e. The first-order chi connectivity index (χ1) is 13.3. The van der Waals surface area contributed by atoms with E-state index < -0.39 is 27.1 Å². The highest BCUT2D eigenvalue weighted by Gasteiger charge is 2.24. The molecule has 12 heteroatoms. The Balaban J connectivity index is 1.78. The molecule has 28 heavy (non-hydrogen) atoms. The Morgan fingerprint density at radius 1 is 1.18 bits per heavy atom. The van der Waals surface area contributed by atoms with Gasteiger partial charge in [0.2, 0.25) is 0 Å². The summed E-state index contributed by atoms with van der Waals surface area (Å²) >= 11 is 6.47. The smallest absolute Gasteiger partial charge is 0.277 e. The van der Waals surface area contributed by atoms with E-state index in [4.69, 9.17) is 12.2 Å². The minimum Gasteiger partial charge on any atom is -0.323 e. The van der Waals surface area contributed by atoms with Crippen molar-refractivity contribution in [2.75, 3.05) is 5.32 Å². The lowest BCUT2D eigenvalue weighted by Crippen LogP contribution is -2.34. The van der Waals surface area contributed by atoms with Gasteiger partial charge in [0.25, 0.3) is 17.3 Å². The number of non-ortho nitro benzene ring substituents is 2. The summed E-state index contributed by atoms with van der Waals surface area (Å²) in [4.78, 5) is 33.7. The maximum atomic E-state index is 12.3. The number of hydrogen-bond acceptors (Lipinski definition) is 8. The predicted molar refractivity (Wildman–Crippen MR) is 104 cm³/mol. The van der Waals surface area contributed by atoms with E-state index in [9.17, 15) is 30.3 Å². The number of rotatable bonds is 4. The maximum absolute atomic E-state index is 12.3. The number of thiophene rings is 1. The number of nitriles is 1. The fraction of sp³-hybridized carbons (Fsp3) is 0.188. The molecule has 1 heterocycles. The number of nitro groups is 2. The third kappa shape index (κ3) is 3.80. The van der Waals surface area contributed by atoms with Crippen LogP contribution in [0.4, 0.5) is 16.4 Å². The van der Waals surface area contributed by atoms with Gasteiger partial charge in [-0.05, 0) is 37.0 Å². The molecule has 0 fully saturated rings. The van der Waals surface area contributed by atoms with Gasteiger partial charge in [0, 0.05) is 17.0 Å². The van der Waals surface area contributed by atoms with Crippen molar-refractivity contribution in [3.8, 4) is 6.07 Å². The molecular formula is C16H11N5O5S2. The summed E-state index contributed by atoms with van der Waals surface area (Å²) in [5.74, 6) is -0.841. The first kappa shape index (κ1) is 19.3. The minimum atomic E-state index is -0.841. The van der Waals surface area contributed by atoms with Crippen molar-refractivity contribution < 1.29 is 14.6 Å². The molecule has 0 unspecified atom stereocenters. The molecule has 1 aromatic heterocycles. The van der Waals surface area contributed by atoms with E-state index in [1.807, 2.05) is 0 Å². The second kappa shape index (κ2) is 7.67. The number of fused-ring (bicyclic) bond motifs is 1. The highest BCUT2D eigenvalue weighted by Crippen LogP contribution is 2.38. The lowest BCUT2D eigenvalue weighted by molar-refractivity contribution is -0.394. The van der Waals surface area contributed by atoms with Crippen LogP contribution in [-0.4, -0.2) is 20.9 Å². The molecule has 0 atom stereocenters. The number of nitro benzene ring substituents is 2. The molecule has 0 spiro atoms. The molecule has 0 radical (unpaired) electrons. The van der Waals surface area contributed by atoms with Crippen LogP contribution >= 0.6 is 23.6 Å². The predicted octanol–water partition coefficient (Wildman–Crippen LogP) is 3.05. The van der Waals surface area contributed by atoms with E-state index in [2.05, 4.69) is 16.7 Å². The average Bonchev–Trinajstić information content (AvgIpc) is 3.21. The Kier molecular flexibility index (Phi) is 5.30. The summed E-state index contributed by atoms with van der Waals surface area (Å²) in [6.45, 7) is 0. The molecule has 0 bridgehead atoms. The molecule has 10 nitrogen and oxygen atoms in total. The number of anilines is 1. The first-order valence-corrected chi connectivity index (χ1v) is 9.13. The van der Waals surface area contributed by atoms with Crippen LogP contribution in [0.25, 0.3) is 0 Å². The quantitative estimate of drug-likeness (QED) is 0.437. The third-order valence-corrected chi connectivity index (χ3v) is 5.48. The lowest BCUT2D eigenvalue weighted by Gasteiger charge is -2.09. The SMILES string of the molecule is N#Cc1c(NC(=S)NC(=O)c2cc([N+](=O)[O-])cc([N+](=O)[O-])c2)sc2c1CCC2. The topological polar surface area (TPSA) is 151 Å². The fourth-order valence-corrected chi connectivity index (χ4v) is 4.36. The Hall–Kier alpha value is -3.43. The van der Waals surface area contributed by atoms with Crippen LogP contribution in [0.3, 0.4) is 0 Å². The van der Waals surface area contributed by atoms with Crippen molar-refractivity contribution in [1.29, 1.82) is 5.26 Å². The monoisotopic (exact) mass is 417 g/mol. The summed E-state index contributed by atoms with van der Waals surface area (Å²) in [6, 6.07) is 4.74. The molecule has 3 rings (SSSR count). The van der Waals surface area contributed by atoms with Crippen LogP contribution in [0.2, 0.25) is 0 Å². The third-order valence-electron chi connectivity index (χ3n) is 4.07. The normalized spacial score (nSPS) is 12.0. The Morgan fingerprint density at radius 2 is 1.82 bits per heavy atom. The number of aryl methyl sites for hydroxylation is 1. The maximum Gasteiger partial charge on any atom is 0.277 e. The lowest BCUT2D eigenvalue weighted by atomic mass is 10.1. The van der Waals surface area contributed by atoms with E-state index in [0.29, 0.717) is 10.6 Å². The number of carbonyl (C=O) groups is 1. The van der Waals surface area contributed by atoms with Crippen molar-refractivity contribution in [3.63, 3.8) is 0 Å². The summed E-state index contributed by atoms with van der Waals surface area (Å²) in [6.07, 6.45) is 2.68. The van der Waals surface area contributed by atoms with Crippen LogP contribution in [-0.2, 0) is 12.8 Å². The van der Waals surface area contributed by atoms with Gasteiger partial charge in [-0.25, -0.2) is 0 Å². The first-order valence-electron chi connectivity index (χ1n) is 7.91. The van der Waals surface area contributed by atoms with Gasteiger partial charge in [-0.1, -0.05) is 0 Å². The number of thiocarbonyl (C=S) groups is 1. The highest BCUT2D eigenvalue weighted by molar-refractivity contribution is 7.80. The van der Waals surface area contributed by atoms with Gasteiger partial charge in [-0.2, -0.15) is 5.26 Å². The van der Waals surface area contributed by atoms with Gasteiger partial charge in [0.15, 0.2) is 5.11 Å². The van der Waals surface area contributed by atoms with E-state index in [1.165, 1.54) is 11.3 Å². The zero-order valence-electron chi connectivity index (χ0n) is 14.1. The van der Waals surface area contributed by atoms with Crippen molar-refractivity contribution in [2.24, 2.45) is 0 Å². The van der Waals surface area contributed by atoms with Crippen LogP contribution in [0, 0.1) is 31.6 Å². The van der Waals surface area contributed by atoms with Gasteiger partial charge >= 0.3 is 0 Å². The number of amides is 1. The molecular weight excluding hydrogens is 406 g/mol. The van der Waals surface area contributed by atoms with Gasteiger partial charge < -0.3 is 5.32 Å². The van der Waals surface area contributed by atoms with Gasteiger partial charge in [0.05, 0.1) is 27.0 Å². The molecule has 142 valence electrons. The van der Waals surface area contributed by atoms with E-state index in [1.54, 1.807) is 0 Å². The molecule has 0 saturated carbocycles. The van der Waals surface area contributed by atoms with Crippen LogP contribution in [0.5, 0.6) is 0 Å². The molecule has 2 N–H and O–H groups in total. The highest BCUT2D eigenvalue weighted by atomic mass is 32.1. The van der Waals surface area contributed by atoms with Crippen LogP contribution in [0.15, 0.2) is 18.2 Å². The van der Waals surface area contributed by atoms with Gasteiger partial charge in [-0.15, -0.1) is 11.3 Å². The number of carbonyl (C=O) groups excluding carboxylic acids is 1. The molecule has 1 aliphatic carbocycles. The summed E-state index contributed by atoms with van der Waals surface area (Å²) < 4.78 is 0. The van der Waals surface area contributed by atoms with E-state index in [0.717, 1.165) is 47.9 Å². The second-order valence-electron chi connectivity index (χ2n) is 5.83. The second-order valence-corrected chi connectivity index (χ2v) is 7.35. The molecule has 2 aromatic rings. The Bertz CT molecular complexity index is 1040. The van der Waals surface area contributed by atoms with Crippen molar-refractivity contribution >= 4 is 51.0 Å². The number of hydrogen-bond donors (Lipinski definition) is 2. The van der Waals surface area contributed by atoms with Crippen molar-refractivity contribution in [2.45, 2.75) is 19.3 Å². The molecule has 1 aliphatic rings. The van der Waals surface area contributed by atoms with Crippen molar-refractivity contribution in [3.05, 3.63) is 60.0 Å². The number of benzene rings is 1. The fourth-order valence-electron chi connectivity index (χ4n) is 2.86. The summed E-state index contributed by atoms with van der Waals surface area (Å²) in [5.41, 5.74) is 0.0251. The van der Waals surface area contributed by atoms with E-state index >= 15 is 0 Å². The zero-order chi connectivity index (χ0) is 20.4. The summed E-state index contributed by atoms with van der Waals surface area (Å²) in [5, 5.41) is 36.8. The van der Waals surface area contributed by atoms with Gasteiger partial charge in [-0.3, -0.25) is 30.3 Å². The zero-order valence-corrected chi connectivity index (χ0v) is 15.7. The minimum absolute atomic E-state index is 0.115. The standard InChI is InChI=1S/C16H11N5O5S2/c17-7-12-11-2-1-3-13(11)28-15(12)19-16(27)18-14(22)8-4-9(20(23)24)6-10(5-8)21(25)26/h4-6H,1-3H2,(H2,18,19,22,27). The van der Waals surface area contributed by atoms with Crippen LogP contribution < -0.4 is 10.6 Å². The molecule has 1 aromatic carbocycles. The van der Waals surface area contributed by atoms with Gasteiger partial charge in [0.1, 0.15) is 11.1 Å². The number of nitrogens with zero attached hydrogens (tertiary/aromatic N) is 3. The van der Waals surface area contributed by atoms with Crippen LogP contribution in [0.1, 0.15) is 32.8 Å². The molecule has 0 aliphatic heterocycles. The average molecular weight is 417 g/mol. The molecule has 0 saturated heterocycles. The molecule has 1 amide bonds. The summed E-state index contributed by atoms with van der Waals surface area (Å²) in [7, 11) is 0. The Morgan fingerprint density at radius 3 is 2.39 bits per heavy atom. The number of nitrogens with one attached hydrogen (secondary N) is 2. The Labute approximate surface area is 167 Å². The van der Waals surface area contributed by atoms with Crippen molar-refractivity contribution in [1.82, 2.24) is 5.32 Å².